The lowest BCUT2D eigenvalue weighted by Crippen LogP contribution is -2.47. The molecule has 0 spiro atoms. The Morgan fingerprint density at radius 2 is 0.615 bits per heavy atom. The van der Waals surface area contributed by atoms with Gasteiger partial charge in [-0.1, -0.05) is 31.2 Å². The fraction of sp³-hybridized carbons (Fsp3) is 0.641. The van der Waals surface area contributed by atoms with Gasteiger partial charge in [0, 0.05) is 239 Å². The molecule has 1 aromatic carbocycles. The number of carbonyl (C=O) groups is 11. The van der Waals surface area contributed by atoms with Crippen molar-refractivity contribution in [2.24, 2.45) is 5.73 Å². The highest BCUT2D eigenvalue weighted by Crippen LogP contribution is 2.35. The topological polar surface area (TPSA) is 338 Å². The standard InChI is InChI=1S/C28H38N4O3S.C20H29BrN4O3S.C17H20BrF3N4O3S.C15H21BrN4O2S.C12H19F3N4O2.5H2S/c1-3-20-4-6-21(7-5-20)25-8-9-26(36-25)27(33)30(2)24-11-15-32(19-24)28(34)31-14-10-23(18-31)29-22-12-16-35-17-13-22;1-23(19(26)17-2-3-18(21)29-17)16-5-9-25(13-16)20(27)24-8-4-15(12-24)22-14-6-10-28-11-7-14;1-23(14(26)12-2-3-13(18)29-12)11-5-7-25(9-11)16(28)24-6-4-10(8-24)22-15(27)17(19,20)21;1-18(14(21)12-2-3-13(16)23-12)11-5-7-20(9-11)15(22)19-6-4-10(17)8-19;1-16-8-2-4-18(6-8)11(21)19-5-3-9(7-19)17-10(20)12(13,14)15;;;;;/h4-9,22-24,29H,3,10-19H2,1-2H3;2-3,14-16,22H,4-13H2,1H3;2-3,10-11H,4-9H2,1H3,(H,22,27);2-3,10-11H,4-9,17H2,1H3;8-9,16H,2-7H2,1H3,(H,17,20);5*1H2/t23-,24+;15-,16+;2*10-,11+;8-,9+;;;;;/m11110...../s1. The first-order valence-corrected chi connectivity index (χ1v) is 53.1. The Bertz CT molecular complexity index is 5020. The first-order valence-electron chi connectivity index (χ1n) is 47.4. The van der Waals surface area contributed by atoms with Crippen molar-refractivity contribution in [1.82, 2.24) is 95.2 Å². The second-order valence-electron chi connectivity index (χ2n) is 37.1. The van der Waals surface area contributed by atoms with Crippen LogP contribution in [-0.2, 0) is 25.5 Å². The van der Waals surface area contributed by atoms with Gasteiger partial charge in [-0.3, -0.25) is 28.8 Å². The average Bonchev–Trinajstić information content (AvgIpc) is 1.68. The molecule has 0 saturated carbocycles. The van der Waals surface area contributed by atoms with E-state index in [0.29, 0.717) is 120 Å². The number of carbonyl (C=O) groups excluding carboxylic acids is 11. The van der Waals surface area contributed by atoms with Crippen LogP contribution in [0.3, 0.4) is 0 Å². The molecule has 0 bridgehead atoms. The maximum Gasteiger partial charge on any atom is 0.471 e. The zero-order valence-electron chi connectivity index (χ0n) is 81.1. The molecule has 143 heavy (non-hydrogen) atoms. The van der Waals surface area contributed by atoms with E-state index in [4.69, 9.17) is 15.2 Å². The number of urea groups is 5. The molecule has 12 saturated heterocycles. The number of ether oxygens (including phenoxy) is 2. The summed E-state index contributed by atoms with van der Waals surface area (Å²) in [5.41, 5.74) is 8.33. The van der Waals surface area contributed by atoms with Gasteiger partial charge in [-0.05, 0) is 211 Å². The number of rotatable bonds is 17. The molecule has 800 valence electrons. The Morgan fingerprint density at radius 1 is 0.350 bits per heavy atom. The Kier molecular flexibility index (Phi) is 48.2. The summed E-state index contributed by atoms with van der Waals surface area (Å²) in [5, 5.41) is 14.4. The first kappa shape index (κ1) is 122. The van der Waals surface area contributed by atoms with E-state index >= 15 is 0 Å². The number of nitrogens with two attached hydrogens (primary N) is 1. The van der Waals surface area contributed by atoms with Crippen molar-refractivity contribution < 1.29 is 88.6 Å². The SMILES string of the molecule is CCc1ccc(-c2ccc(C(=O)N(C)[C@H]3CCN(C(=O)N4CC[C@@H](NC5CCOCC5)C4)C3)s2)cc1.CN(C(=O)c1ccc(Br)s1)[C@H]1CCN(C(=O)N2CC[C@@H](N)C2)C1.CN(C(=O)c1ccc(Br)s1)[C@H]1CCN(C(=O)N2CC[C@@H](NC(=O)C(F)(F)F)C2)C1.CN(C(=O)c1ccc(Br)s1)[C@H]1CCN(C(=O)N2CC[C@@H](NC3CCOCC3)C2)C1.CN[C@H]1CCN(C(=O)N2CC[C@@H](NC(=O)C(F)(F)F)C2)C1.S.S.S.S.S. The summed E-state index contributed by atoms with van der Waals surface area (Å²) in [5.74, 6) is -3.96. The third-order valence-corrected chi connectivity index (χ3v) is 33.7. The van der Waals surface area contributed by atoms with Crippen molar-refractivity contribution in [1.29, 1.82) is 0 Å². The van der Waals surface area contributed by atoms with E-state index in [2.05, 4.69) is 94.9 Å². The van der Waals surface area contributed by atoms with Crippen LogP contribution in [0.1, 0.15) is 141 Å². The minimum absolute atomic E-state index is 0. The number of hydrogen-bond donors (Lipinski definition) is 6. The third-order valence-electron chi connectivity index (χ3n) is 27.8. The molecule has 0 radical (unpaired) electrons. The van der Waals surface area contributed by atoms with Crippen molar-refractivity contribution in [3.05, 3.63) is 109 Å². The third kappa shape index (κ3) is 33.4. The Balaban J connectivity index is 0.000000219. The number of amides is 16. The summed E-state index contributed by atoms with van der Waals surface area (Å²) in [4.78, 5) is 165. The van der Waals surface area contributed by atoms with Gasteiger partial charge < -0.3 is 110 Å². The smallest absolute Gasteiger partial charge is 0.381 e. The number of hydrogen-bond acceptors (Lipinski definition) is 21. The highest BCUT2D eigenvalue weighted by molar-refractivity contribution is 9.11. The number of alkyl halides is 6. The second-order valence-corrected chi connectivity index (χ2v) is 45.6. The number of thiophene rings is 4. The molecule has 17 rings (SSSR count). The lowest BCUT2D eigenvalue weighted by atomic mass is 10.1. The number of likely N-dealkylation sites (N-methyl/N-ethyl adjacent to an activating group) is 5. The predicted molar refractivity (Wildman–Crippen MR) is 578 cm³/mol. The Labute approximate surface area is 908 Å². The van der Waals surface area contributed by atoms with Gasteiger partial charge in [-0.2, -0.15) is 93.8 Å². The van der Waals surface area contributed by atoms with Crippen molar-refractivity contribution >= 4 is 226 Å². The molecule has 16 amide bonds. The van der Waals surface area contributed by atoms with Crippen molar-refractivity contribution in [2.75, 3.05) is 193 Å². The van der Waals surface area contributed by atoms with Crippen molar-refractivity contribution in [3.63, 3.8) is 0 Å². The summed E-state index contributed by atoms with van der Waals surface area (Å²) in [6.45, 7) is 16.8. The van der Waals surface area contributed by atoms with Crippen LogP contribution in [-0.4, -0.2) is 412 Å². The van der Waals surface area contributed by atoms with Crippen LogP contribution in [0, 0.1) is 0 Å². The van der Waals surface area contributed by atoms with Gasteiger partial charge in [0.05, 0.1) is 55.0 Å². The lowest BCUT2D eigenvalue weighted by molar-refractivity contribution is -0.174. The molecule has 5 aromatic rings. The summed E-state index contributed by atoms with van der Waals surface area (Å²) in [6, 6.07) is 24.2. The Morgan fingerprint density at radius 3 is 0.895 bits per heavy atom. The van der Waals surface area contributed by atoms with E-state index in [-0.39, 0.29) is 184 Å². The van der Waals surface area contributed by atoms with E-state index in [9.17, 15) is 79.1 Å². The zero-order chi connectivity index (χ0) is 99.0. The molecule has 0 unspecified atom stereocenters. The van der Waals surface area contributed by atoms with Crippen LogP contribution in [0.15, 0.2) is 84.2 Å². The largest absolute Gasteiger partial charge is 0.471 e. The quantitative estimate of drug-likeness (QED) is 0.0471. The molecule has 4 aromatic heterocycles. The minimum atomic E-state index is -4.94. The minimum Gasteiger partial charge on any atom is -0.381 e. The van der Waals surface area contributed by atoms with Crippen molar-refractivity contribution in [2.45, 2.75) is 188 Å². The van der Waals surface area contributed by atoms with Gasteiger partial charge in [0.25, 0.3) is 23.6 Å². The summed E-state index contributed by atoms with van der Waals surface area (Å²) >= 11 is 15.9. The molecular formula is C92H137Br3F6N20O13S9. The molecule has 16 heterocycles. The molecular weight excluding hydrogens is 2240 g/mol. The highest BCUT2D eigenvalue weighted by Gasteiger charge is 2.47. The monoisotopic (exact) mass is 2370 g/mol. The summed E-state index contributed by atoms with van der Waals surface area (Å²) < 4.78 is 87.3. The van der Waals surface area contributed by atoms with E-state index in [1.807, 2.05) is 110 Å². The number of nitrogens with zero attached hydrogens (tertiary/aromatic N) is 14. The second kappa shape index (κ2) is 56.5. The zero-order valence-corrected chi connectivity index (χ0v) is 94.1. The molecule has 7 N–H and O–H groups in total. The van der Waals surface area contributed by atoms with Crippen LogP contribution < -0.4 is 32.3 Å². The summed E-state index contributed by atoms with van der Waals surface area (Å²) in [6.07, 6.45) is 2.87. The van der Waals surface area contributed by atoms with Crippen LogP contribution in [0.4, 0.5) is 50.3 Å². The normalized spacial score (nSPS) is 23.2. The number of nitrogens with one attached hydrogen (secondary N) is 5. The number of benzene rings is 1. The van der Waals surface area contributed by atoms with Crippen LogP contribution in [0.25, 0.3) is 10.4 Å². The van der Waals surface area contributed by atoms with Gasteiger partial charge in [-0.25, -0.2) is 24.0 Å². The molecule has 0 aliphatic carbocycles. The molecule has 12 fully saturated rings. The van der Waals surface area contributed by atoms with Gasteiger partial charge in [0.15, 0.2) is 0 Å². The van der Waals surface area contributed by atoms with E-state index < -0.39 is 36.3 Å². The predicted octanol–water partition coefficient (Wildman–Crippen LogP) is 11.8. The fourth-order valence-electron chi connectivity index (χ4n) is 19.4. The van der Waals surface area contributed by atoms with Crippen LogP contribution in [0.5, 0.6) is 0 Å². The number of likely N-dealkylation sites (tertiary alicyclic amines) is 10. The first-order chi connectivity index (χ1) is 65.8. The average molecular weight is 2370 g/mol. The fourth-order valence-corrected chi connectivity index (χ4v) is 24.5. The molecule has 10 atom stereocenters. The van der Waals surface area contributed by atoms with E-state index in [0.717, 1.165) is 173 Å². The van der Waals surface area contributed by atoms with Gasteiger partial charge in [0.2, 0.25) is 0 Å². The van der Waals surface area contributed by atoms with Gasteiger partial charge >= 0.3 is 54.3 Å². The van der Waals surface area contributed by atoms with Gasteiger partial charge in [0.1, 0.15) is 0 Å². The van der Waals surface area contributed by atoms with E-state index in [1.54, 1.807) is 55.0 Å². The maximum atomic E-state index is 13.2. The Hall–Kier alpha value is -6.28. The summed E-state index contributed by atoms with van der Waals surface area (Å²) in [7, 11) is 9.07. The number of aryl methyl sites for hydroxylation is 1. The van der Waals surface area contributed by atoms with Crippen LogP contribution in [0.2, 0.25) is 0 Å². The van der Waals surface area contributed by atoms with Crippen molar-refractivity contribution in [3.8, 4) is 10.4 Å². The molecule has 51 heteroatoms. The molecule has 12 aliphatic heterocycles. The molecule has 33 nitrogen and oxygen atoms in total. The van der Waals surface area contributed by atoms with E-state index in [1.165, 1.54) is 49.4 Å². The number of halogens is 9. The maximum absolute atomic E-state index is 13.2. The highest BCUT2D eigenvalue weighted by atomic mass is 79.9. The van der Waals surface area contributed by atoms with Crippen LogP contribution >= 0.6 is 161 Å². The molecule has 12 aliphatic rings. The van der Waals surface area contributed by atoms with Gasteiger partial charge in [-0.15, -0.1) is 45.3 Å². The lowest BCUT2D eigenvalue weighted by Gasteiger charge is -2.28.